The average Bonchev–Trinajstić information content (AvgIpc) is 2.60. The minimum absolute atomic E-state index is 0.242. The molecule has 0 radical (unpaired) electrons. The summed E-state index contributed by atoms with van der Waals surface area (Å²) in [7, 11) is 0. The molecule has 1 aliphatic rings. The van der Waals surface area contributed by atoms with Gasteiger partial charge < -0.3 is 20.3 Å². The fourth-order valence-corrected chi connectivity index (χ4v) is 2.78. The maximum Gasteiger partial charge on any atom is 0.179 e. The predicted molar refractivity (Wildman–Crippen MR) is 121 cm³/mol. The minimum atomic E-state index is -0.242. The molecule has 2 N–H and O–H groups in total. The van der Waals surface area contributed by atoms with Crippen molar-refractivity contribution in [3.8, 4) is 0 Å². The molecule has 28 heavy (non-hydrogen) atoms. The molecule has 1 rings (SSSR count). The molecule has 0 saturated carbocycles. The van der Waals surface area contributed by atoms with Crippen molar-refractivity contribution < 1.29 is 4.74 Å². The lowest BCUT2D eigenvalue weighted by Crippen LogP contribution is -2.33. The molecule has 4 heteroatoms. The normalized spacial score (nSPS) is 16.2. The molecule has 0 saturated heterocycles. The summed E-state index contributed by atoms with van der Waals surface area (Å²) in [5, 5.41) is 6.76. The van der Waals surface area contributed by atoms with Gasteiger partial charge in [-0.15, -0.1) is 0 Å². The number of ether oxygens (including phenoxy) is 1. The number of rotatable bonds is 10. The fourth-order valence-electron chi connectivity index (χ4n) is 2.78. The molecule has 0 fully saturated rings. The van der Waals surface area contributed by atoms with Crippen LogP contribution < -0.4 is 10.6 Å². The van der Waals surface area contributed by atoms with Gasteiger partial charge in [-0.3, -0.25) is 0 Å². The van der Waals surface area contributed by atoms with Crippen molar-refractivity contribution in [2.45, 2.75) is 60.5 Å². The Bertz CT molecular complexity index is 689. The molecule has 0 spiro atoms. The summed E-state index contributed by atoms with van der Waals surface area (Å²) in [6.07, 6.45) is 7.13. The Morgan fingerprint density at radius 3 is 2.39 bits per heavy atom. The standard InChI is InChI=1S/C24H39N3O/c1-11-18(3)23(27-14-12-13-19(4)21(27)6)20(5)25-15-17(2)16-26-22(7)28-24(8,9)10/h12-14,17,25-26H,5-7,11,15-16H2,1-4,8-10H3/b23-18+. The molecular formula is C24H39N3O. The molecular weight excluding hydrogens is 346 g/mol. The molecule has 0 aromatic heterocycles. The average molecular weight is 386 g/mol. The van der Waals surface area contributed by atoms with E-state index in [2.05, 4.69) is 75.2 Å². The molecule has 1 unspecified atom stereocenters. The SMILES string of the molecule is C=C(NCC(C)CNC(=C)/C(=C(/C)CC)N1C=CC=C(C)C1=C)OC(C)(C)C. The highest BCUT2D eigenvalue weighted by molar-refractivity contribution is 5.43. The van der Waals surface area contributed by atoms with Crippen molar-refractivity contribution in [3.05, 3.63) is 72.2 Å². The first-order valence-electron chi connectivity index (χ1n) is 10.0. The summed E-state index contributed by atoms with van der Waals surface area (Å²) < 4.78 is 5.72. The first-order valence-corrected chi connectivity index (χ1v) is 10.0. The molecule has 1 heterocycles. The van der Waals surface area contributed by atoms with E-state index >= 15 is 0 Å². The van der Waals surface area contributed by atoms with Crippen LogP contribution in [0.3, 0.4) is 0 Å². The second kappa shape index (κ2) is 10.3. The topological polar surface area (TPSA) is 36.5 Å². The van der Waals surface area contributed by atoms with E-state index in [1.807, 2.05) is 26.8 Å². The fraction of sp³-hybridized carbons (Fsp3) is 0.500. The second-order valence-electron chi connectivity index (χ2n) is 8.47. The van der Waals surface area contributed by atoms with Gasteiger partial charge in [0.25, 0.3) is 0 Å². The van der Waals surface area contributed by atoms with Crippen LogP contribution in [-0.4, -0.2) is 23.6 Å². The third-order valence-electron chi connectivity index (χ3n) is 4.53. The van der Waals surface area contributed by atoms with E-state index < -0.39 is 0 Å². The third-order valence-corrected chi connectivity index (χ3v) is 4.53. The Balaban J connectivity index is 2.68. The van der Waals surface area contributed by atoms with Crippen molar-refractivity contribution in [3.63, 3.8) is 0 Å². The van der Waals surface area contributed by atoms with Crippen LogP contribution in [0.25, 0.3) is 0 Å². The minimum Gasteiger partial charge on any atom is -0.474 e. The van der Waals surface area contributed by atoms with E-state index in [4.69, 9.17) is 4.74 Å². The molecule has 0 aliphatic carbocycles. The van der Waals surface area contributed by atoms with Gasteiger partial charge >= 0.3 is 0 Å². The van der Waals surface area contributed by atoms with Crippen LogP contribution >= 0.6 is 0 Å². The maximum atomic E-state index is 5.72. The monoisotopic (exact) mass is 385 g/mol. The highest BCUT2D eigenvalue weighted by Gasteiger charge is 2.19. The van der Waals surface area contributed by atoms with Crippen molar-refractivity contribution in [1.29, 1.82) is 0 Å². The van der Waals surface area contributed by atoms with Crippen LogP contribution in [-0.2, 0) is 4.74 Å². The van der Waals surface area contributed by atoms with Gasteiger partial charge in [0, 0.05) is 25.0 Å². The van der Waals surface area contributed by atoms with Gasteiger partial charge in [-0.05, 0) is 70.8 Å². The molecule has 156 valence electrons. The van der Waals surface area contributed by atoms with Crippen molar-refractivity contribution in [1.82, 2.24) is 15.5 Å². The highest BCUT2D eigenvalue weighted by Crippen LogP contribution is 2.28. The first kappa shape index (κ1) is 23.7. The lowest BCUT2D eigenvalue weighted by molar-refractivity contribution is 0.0407. The van der Waals surface area contributed by atoms with Crippen LogP contribution in [0.5, 0.6) is 0 Å². The number of hydrogen-bond acceptors (Lipinski definition) is 4. The predicted octanol–water partition coefficient (Wildman–Crippen LogP) is 5.58. The molecule has 0 aromatic rings. The highest BCUT2D eigenvalue weighted by atomic mass is 16.5. The smallest absolute Gasteiger partial charge is 0.179 e. The number of nitrogens with one attached hydrogen (secondary N) is 2. The Morgan fingerprint density at radius 1 is 1.21 bits per heavy atom. The van der Waals surface area contributed by atoms with E-state index in [0.717, 1.165) is 42.2 Å². The molecule has 1 aliphatic heterocycles. The van der Waals surface area contributed by atoms with E-state index in [1.54, 1.807) is 0 Å². The summed E-state index contributed by atoms with van der Waals surface area (Å²) in [5.74, 6) is 0.986. The van der Waals surface area contributed by atoms with Crippen molar-refractivity contribution in [2.75, 3.05) is 13.1 Å². The van der Waals surface area contributed by atoms with Gasteiger partial charge in [-0.25, -0.2) is 0 Å². The Kier molecular flexibility index (Phi) is 8.67. The lowest BCUT2D eigenvalue weighted by atomic mass is 10.1. The summed E-state index contributed by atoms with van der Waals surface area (Å²) in [6.45, 7) is 28.7. The number of hydrogen-bond donors (Lipinski definition) is 2. The summed E-state index contributed by atoms with van der Waals surface area (Å²) in [5.41, 5.74) is 5.18. The van der Waals surface area contributed by atoms with Gasteiger partial charge in [0.1, 0.15) is 5.60 Å². The van der Waals surface area contributed by atoms with Crippen LogP contribution in [0.15, 0.2) is 72.2 Å². The van der Waals surface area contributed by atoms with E-state index in [1.165, 1.54) is 5.57 Å². The van der Waals surface area contributed by atoms with Crippen molar-refractivity contribution in [2.24, 2.45) is 5.92 Å². The Labute approximate surface area is 172 Å². The zero-order valence-corrected chi connectivity index (χ0v) is 18.9. The maximum absolute atomic E-state index is 5.72. The van der Waals surface area contributed by atoms with Crippen LogP contribution in [0.1, 0.15) is 54.9 Å². The van der Waals surface area contributed by atoms with E-state index in [9.17, 15) is 0 Å². The molecule has 4 nitrogen and oxygen atoms in total. The zero-order chi connectivity index (χ0) is 21.5. The first-order chi connectivity index (χ1) is 13.0. The Morgan fingerprint density at radius 2 is 1.82 bits per heavy atom. The second-order valence-corrected chi connectivity index (χ2v) is 8.47. The largest absolute Gasteiger partial charge is 0.474 e. The van der Waals surface area contributed by atoms with Gasteiger partial charge in [-0.2, -0.15) is 0 Å². The van der Waals surface area contributed by atoms with E-state index in [-0.39, 0.29) is 5.60 Å². The van der Waals surface area contributed by atoms with Crippen LogP contribution in [0, 0.1) is 5.92 Å². The van der Waals surface area contributed by atoms with Gasteiger partial charge in [-0.1, -0.05) is 33.1 Å². The quantitative estimate of drug-likeness (QED) is 0.380. The van der Waals surface area contributed by atoms with E-state index in [0.29, 0.717) is 11.8 Å². The van der Waals surface area contributed by atoms with Crippen LogP contribution in [0.4, 0.5) is 0 Å². The summed E-state index contributed by atoms with van der Waals surface area (Å²) in [6, 6.07) is 0. The lowest BCUT2D eigenvalue weighted by Gasteiger charge is -2.32. The van der Waals surface area contributed by atoms with Gasteiger partial charge in [0.05, 0.1) is 11.4 Å². The molecule has 0 bridgehead atoms. The number of allylic oxidation sites excluding steroid dienone is 4. The van der Waals surface area contributed by atoms with Crippen LogP contribution in [0.2, 0.25) is 0 Å². The number of nitrogens with zero attached hydrogens (tertiary/aromatic N) is 1. The van der Waals surface area contributed by atoms with Crippen molar-refractivity contribution >= 4 is 0 Å². The molecule has 1 atom stereocenters. The van der Waals surface area contributed by atoms with Gasteiger partial charge in [0.2, 0.25) is 0 Å². The summed E-state index contributed by atoms with van der Waals surface area (Å²) >= 11 is 0. The molecule has 0 amide bonds. The van der Waals surface area contributed by atoms with Gasteiger partial charge in [0.15, 0.2) is 5.88 Å². The molecule has 0 aromatic carbocycles. The summed E-state index contributed by atoms with van der Waals surface area (Å²) in [4.78, 5) is 2.13. The Hall–Kier alpha value is -2.36. The third kappa shape index (κ3) is 7.34. The zero-order valence-electron chi connectivity index (χ0n) is 18.9.